The highest BCUT2D eigenvalue weighted by Crippen LogP contribution is 2.21. The molecule has 0 spiro atoms. The van der Waals surface area contributed by atoms with Crippen LogP contribution in [-0.2, 0) is 19.1 Å². The van der Waals surface area contributed by atoms with Crippen molar-refractivity contribution in [3.05, 3.63) is 29.8 Å². The lowest BCUT2D eigenvalue weighted by Gasteiger charge is -2.32. The number of nitriles is 1. The highest BCUT2D eigenvalue weighted by molar-refractivity contribution is 5.95. The molecule has 1 N–H and O–H groups in total. The molecule has 2 amide bonds. The van der Waals surface area contributed by atoms with Crippen LogP contribution in [0.3, 0.4) is 0 Å². The molecule has 1 atom stereocenters. The second-order valence-corrected chi connectivity index (χ2v) is 8.00. The number of piperidine rings is 1. The Morgan fingerprint density at radius 2 is 1.76 bits per heavy atom. The summed E-state index contributed by atoms with van der Waals surface area (Å²) in [5.41, 5.74) is 0.438. The monoisotopic (exact) mass is 401 g/mol. The van der Waals surface area contributed by atoms with E-state index in [4.69, 9.17) is 14.7 Å². The largest absolute Gasteiger partial charge is 0.452 e. The molecule has 0 radical (unpaired) electrons. The van der Waals surface area contributed by atoms with E-state index < -0.39 is 23.6 Å². The molecule has 0 aromatic heterocycles. The Hall–Kier alpha value is -3.08. The first-order valence-corrected chi connectivity index (χ1v) is 9.58. The molecule has 2 rings (SSSR count). The normalized spacial score (nSPS) is 15.8. The van der Waals surface area contributed by atoms with E-state index in [9.17, 15) is 14.4 Å². The Kier molecular flexibility index (Phi) is 7.21. The number of rotatable bonds is 4. The van der Waals surface area contributed by atoms with Crippen molar-refractivity contribution < 1.29 is 23.9 Å². The molecule has 0 bridgehead atoms. The lowest BCUT2D eigenvalue weighted by Crippen LogP contribution is -2.43. The third kappa shape index (κ3) is 6.79. The highest BCUT2D eigenvalue weighted by atomic mass is 16.6. The zero-order valence-corrected chi connectivity index (χ0v) is 17.2. The van der Waals surface area contributed by atoms with Crippen LogP contribution in [0.15, 0.2) is 24.3 Å². The second-order valence-electron chi connectivity index (χ2n) is 8.00. The van der Waals surface area contributed by atoms with E-state index in [2.05, 4.69) is 5.32 Å². The smallest absolute Gasteiger partial charge is 0.410 e. The van der Waals surface area contributed by atoms with E-state index in [-0.39, 0.29) is 12.0 Å². The first kappa shape index (κ1) is 22.2. The van der Waals surface area contributed by atoms with Gasteiger partial charge in [-0.25, -0.2) is 4.79 Å². The summed E-state index contributed by atoms with van der Waals surface area (Å²) in [7, 11) is 0. The highest BCUT2D eigenvalue weighted by Gasteiger charge is 2.32. The number of nitrogens with zero attached hydrogens (tertiary/aromatic N) is 2. The van der Waals surface area contributed by atoms with E-state index in [0.29, 0.717) is 37.2 Å². The number of likely N-dealkylation sites (tertiary alicyclic amines) is 1. The molecule has 1 aromatic carbocycles. The number of benzene rings is 1. The molecule has 1 heterocycles. The van der Waals surface area contributed by atoms with E-state index in [1.165, 1.54) is 6.92 Å². The van der Waals surface area contributed by atoms with Gasteiger partial charge in [0.1, 0.15) is 5.60 Å². The summed E-state index contributed by atoms with van der Waals surface area (Å²) < 4.78 is 10.6. The van der Waals surface area contributed by atoms with Crippen molar-refractivity contribution in [2.75, 3.05) is 18.4 Å². The average Bonchev–Trinajstić information content (AvgIpc) is 2.67. The molecular formula is C21H27N3O5. The Balaban J connectivity index is 1.80. The fraction of sp³-hybridized carbons (Fsp3) is 0.524. The summed E-state index contributed by atoms with van der Waals surface area (Å²) in [4.78, 5) is 38.3. The SMILES string of the molecule is C[C@H](OC(=O)C1CCN(C(=O)OC(C)(C)C)CC1)C(=O)Nc1ccc(C#N)cc1. The Bertz CT molecular complexity index is 784. The van der Waals surface area contributed by atoms with Crippen LogP contribution in [0.25, 0.3) is 0 Å². The molecule has 1 aliphatic heterocycles. The lowest BCUT2D eigenvalue weighted by molar-refractivity contribution is -0.158. The van der Waals surface area contributed by atoms with Crippen LogP contribution < -0.4 is 5.32 Å². The molecule has 1 saturated heterocycles. The Labute approximate surface area is 170 Å². The number of hydrogen-bond donors (Lipinski definition) is 1. The molecule has 0 unspecified atom stereocenters. The van der Waals surface area contributed by atoms with Crippen molar-refractivity contribution in [1.29, 1.82) is 5.26 Å². The second kappa shape index (κ2) is 9.41. The van der Waals surface area contributed by atoms with Crippen LogP contribution in [-0.4, -0.2) is 47.7 Å². The number of carbonyl (C=O) groups excluding carboxylic acids is 3. The number of carbonyl (C=O) groups is 3. The van der Waals surface area contributed by atoms with Crippen molar-refractivity contribution in [2.45, 2.75) is 52.2 Å². The van der Waals surface area contributed by atoms with Gasteiger partial charge in [-0.2, -0.15) is 5.26 Å². The van der Waals surface area contributed by atoms with Gasteiger partial charge >= 0.3 is 12.1 Å². The van der Waals surface area contributed by atoms with Crippen LogP contribution >= 0.6 is 0 Å². The van der Waals surface area contributed by atoms with Crippen LogP contribution in [0.2, 0.25) is 0 Å². The van der Waals surface area contributed by atoms with Gasteiger partial charge in [0.15, 0.2) is 6.10 Å². The maximum Gasteiger partial charge on any atom is 0.410 e. The first-order valence-electron chi connectivity index (χ1n) is 9.58. The van der Waals surface area contributed by atoms with E-state index >= 15 is 0 Å². The van der Waals surface area contributed by atoms with E-state index in [1.807, 2.05) is 6.07 Å². The minimum absolute atomic E-state index is 0.362. The maximum absolute atomic E-state index is 12.4. The first-order chi connectivity index (χ1) is 13.6. The van der Waals surface area contributed by atoms with Gasteiger partial charge in [0.25, 0.3) is 5.91 Å². The Morgan fingerprint density at radius 3 is 2.28 bits per heavy atom. The zero-order chi connectivity index (χ0) is 21.6. The summed E-state index contributed by atoms with van der Waals surface area (Å²) in [6, 6.07) is 8.39. The molecule has 8 heteroatoms. The van der Waals surface area contributed by atoms with E-state index in [0.717, 1.165) is 0 Å². The average molecular weight is 401 g/mol. The van der Waals surface area contributed by atoms with Gasteiger partial charge < -0.3 is 19.7 Å². The van der Waals surface area contributed by atoms with Crippen molar-refractivity contribution in [2.24, 2.45) is 5.92 Å². The van der Waals surface area contributed by atoms with Crippen molar-refractivity contribution >= 4 is 23.7 Å². The Morgan fingerprint density at radius 1 is 1.17 bits per heavy atom. The molecular weight excluding hydrogens is 374 g/mol. The van der Waals surface area contributed by atoms with Gasteiger partial charge in [-0.15, -0.1) is 0 Å². The van der Waals surface area contributed by atoms with Gasteiger partial charge in [-0.05, 0) is 64.8 Å². The number of nitrogens with one attached hydrogen (secondary N) is 1. The number of ether oxygens (including phenoxy) is 2. The summed E-state index contributed by atoms with van der Waals surface area (Å²) >= 11 is 0. The molecule has 29 heavy (non-hydrogen) atoms. The van der Waals surface area contributed by atoms with Crippen molar-refractivity contribution in [1.82, 2.24) is 4.90 Å². The summed E-state index contributed by atoms with van der Waals surface area (Å²) in [5, 5.41) is 11.4. The molecule has 8 nitrogen and oxygen atoms in total. The van der Waals surface area contributed by atoms with Crippen molar-refractivity contribution in [3.8, 4) is 6.07 Å². The number of anilines is 1. The fourth-order valence-corrected chi connectivity index (χ4v) is 2.82. The summed E-state index contributed by atoms with van der Waals surface area (Å²) in [5.74, 6) is -1.26. The van der Waals surface area contributed by atoms with Crippen LogP contribution in [0.4, 0.5) is 10.5 Å². The molecule has 0 saturated carbocycles. The molecule has 0 aliphatic carbocycles. The van der Waals surface area contributed by atoms with E-state index in [1.54, 1.807) is 49.9 Å². The predicted molar refractivity (Wildman–Crippen MR) is 106 cm³/mol. The minimum Gasteiger partial charge on any atom is -0.452 e. The van der Waals surface area contributed by atoms with Crippen LogP contribution in [0, 0.1) is 17.2 Å². The lowest BCUT2D eigenvalue weighted by atomic mass is 9.97. The molecule has 156 valence electrons. The number of esters is 1. The van der Waals surface area contributed by atoms with Gasteiger partial charge in [0, 0.05) is 18.8 Å². The van der Waals surface area contributed by atoms with Crippen LogP contribution in [0.5, 0.6) is 0 Å². The molecule has 1 fully saturated rings. The standard InChI is InChI=1S/C21H27N3O5/c1-14(18(25)23-17-7-5-15(13-22)6-8-17)28-19(26)16-9-11-24(12-10-16)20(27)29-21(2,3)4/h5-8,14,16H,9-12H2,1-4H3,(H,23,25)/t14-/m0/s1. The van der Waals surface area contributed by atoms with Gasteiger partial charge in [0.05, 0.1) is 17.6 Å². The third-order valence-electron chi connectivity index (χ3n) is 4.42. The van der Waals surface area contributed by atoms with Crippen LogP contribution in [0.1, 0.15) is 46.1 Å². The maximum atomic E-state index is 12.4. The zero-order valence-electron chi connectivity index (χ0n) is 17.2. The van der Waals surface area contributed by atoms with Gasteiger partial charge in [-0.1, -0.05) is 0 Å². The molecule has 1 aliphatic rings. The van der Waals surface area contributed by atoms with Crippen molar-refractivity contribution in [3.63, 3.8) is 0 Å². The summed E-state index contributed by atoms with van der Waals surface area (Å²) in [6.45, 7) is 7.73. The fourth-order valence-electron chi connectivity index (χ4n) is 2.82. The summed E-state index contributed by atoms with van der Waals surface area (Å²) in [6.07, 6.45) is -0.425. The number of amides is 2. The topological polar surface area (TPSA) is 109 Å². The minimum atomic E-state index is -0.956. The molecule has 1 aromatic rings. The quantitative estimate of drug-likeness (QED) is 0.777. The number of hydrogen-bond acceptors (Lipinski definition) is 6. The predicted octanol–water partition coefficient (Wildman–Crippen LogP) is 3.08. The van der Waals surface area contributed by atoms with Gasteiger partial charge in [0.2, 0.25) is 0 Å². The third-order valence-corrected chi connectivity index (χ3v) is 4.42. The van der Waals surface area contributed by atoms with Gasteiger partial charge in [-0.3, -0.25) is 9.59 Å².